The van der Waals surface area contributed by atoms with Crippen LogP contribution < -0.4 is 0 Å². The highest BCUT2D eigenvalue weighted by atomic mass is 19.1. The van der Waals surface area contributed by atoms with Gasteiger partial charge in [-0.3, -0.25) is 4.79 Å². The predicted molar refractivity (Wildman–Crippen MR) is 96.6 cm³/mol. The van der Waals surface area contributed by atoms with Gasteiger partial charge in [0, 0.05) is 12.5 Å². The van der Waals surface area contributed by atoms with Gasteiger partial charge in [-0.2, -0.15) is 0 Å². The van der Waals surface area contributed by atoms with E-state index < -0.39 is 5.41 Å². The minimum atomic E-state index is -0.931. The van der Waals surface area contributed by atoms with Gasteiger partial charge in [-0.1, -0.05) is 31.2 Å². The fourth-order valence-electron chi connectivity index (χ4n) is 3.23. The molecule has 0 unspecified atom stereocenters. The van der Waals surface area contributed by atoms with Crippen molar-refractivity contribution >= 4 is 5.78 Å². The van der Waals surface area contributed by atoms with Crippen LogP contribution in [0.4, 0.5) is 8.78 Å². The molecule has 0 heterocycles. The Kier molecular flexibility index (Phi) is 6.07. The molecule has 0 amide bonds. The van der Waals surface area contributed by atoms with Crippen molar-refractivity contribution in [2.75, 3.05) is 14.1 Å². The highest BCUT2D eigenvalue weighted by molar-refractivity contribution is 5.93. The van der Waals surface area contributed by atoms with E-state index in [-0.39, 0.29) is 23.5 Å². The number of carbonyl (C=O) groups is 1. The van der Waals surface area contributed by atoms with Crippen LogP contribution in [-0.4, -0.2) is 30.8 Å². The highest BCUT2D eigenvalue weighted by Gasteiger charge is 2.42. The predicted octanol–water partition coefficient (Wildman–Crippen LogP) is 4.57. The van der Waals surface area contributed by atoms with Crippen LogP contribution in [0.25, 0.3) is 0 Å². The molecule has 0 aliphatic carbocycles. The number of halogens is 2. The zero-order valence-corrected chi connectivity index (χ0v) is 15.2. The summed E-state index contributed by atoms with van der Waals surface area (Å²) in [5.41, 5.74) is 0.543. The largest absolute Gasteiger partial charge is 0.307 e. The average Bonchev–Trinajstić information content (AvgIpc) is 2.60. The summed E-state index contributed by atoms with van der Waals surface area (Å²) in [6, 6.07) is 12.2. The quantitative estimate of drug-likeness (QED) is 0.733. The fourth-order valence-corrected chi connectivity index (χ4v) is 3.23. The number of carbonyl (C=O) groups excluding carboxylic acids is 1. The van der Waals surface area contributed by atoms with Crippen LogP contribution in [0.2, 0.25) is 0 Å². The van der Waals surface area contributed by atoms with Gasteiger partial charge in [0.05, 0.1) is 5.41 Å². The van der Waals surface area contributed by atoms with Gasteiger partial charge >= 0.3 is 0 Å². The molecule has 0 saturated carbocycles. The minimum absolute atomic E-state index is 0.0411. The lowest BCUT2D eigenvalue weighted by molar-refractivity contribution is -0.123. The van der Waals surface area contributed by atoms with E-state index in [0.29, 0.717) is 12.8 Å². The van der Waals surface area contributed by atoms with Crippen molar-refractivity contribution < 1.29 is 13.6 Å². The number of rotatable bonds is 7. The van der Waals surface area contributed by atoms with Crippen molar-refractivity contribution in [3.05, 3.63) is 71.3 Å². The van der Waals surface area contributed by atoms with Gasteiger partial charge in [0.1, 0.15) is 17.4 Å². The molecule has 2 aromatic rings. The van der Waals surface area contributed by atoms with Crippen molar-refractivity contribution in [3.8, 4) is 0 Å². The van der Waals surface area contributed by atoms with E-state index in [1.807, 2.05) is 32.8 Å². The maximum absolute atomic E-state index is 13.5. The topological polar surface area (TPSA) is 20.3 Å². The Bertz CT molecular complexity index is 662. The number of nitrogens with zero attached hydrogens (tertiary/aromatic N) is 1. The van der Waals surface area contributed by atoms with Crippen molar-refractivity contribution in [2.24, 2.45) is 0 Å². The van der Waals surface area contributed by atoms with Crippen LogP contribution in [0.1, 0.15) is 37.8 Å². The Morgan fingerprint density at radius 3 is 1.68 bits per heavy atom. The molecule has 4 heteroatoms. The van der Waals surface area contributed by atoms with Gasteiger partial charge in [0.2, 0.25) is 0 Å². The smallest absolute Gasteiger partial charge is 0.147 e. The number of hydrogen-bond donors (Lipinski definition) is 0. The fraction of sp³-hybridized carbons (Fsp3) is 0.381. The molecule has 2 rings (SSSR count). The molecule has 0 radical (unpaired) electrons. The maximum Gasteiger partial charge on any atom is 0.147 e. The molecule has 25 heavy (non-hydrogen) atoms. The second-order valence-corrected chi connectivity index (χ2v) is 6.71. The number of benzene rings is 2. The molecule has 0 aliphatic rings. The summed E-state index contributed by atoms with van der Waals surface area (Å²) in [4.78, 5) is 15.2. The number of ketones is 1. The zero-order valence-electron chi connectivity index (χ0n) is 15.2. The van der Waals surface area contributed by atoms with Gasteiger partial charge in [-0.05, 0) is 62.8 Å². The second-order valence-electron chi connectivity index (χ2n) is 6.71. The SMILES string of the molecule is CCC(=O)C(C[C@@H](C)N(C)C)(c1ccc(F)cc1)c1ccc(F)cc1. The van der Waals surface area contributed by atoms with Crippen molar-refractivity contribution in [2.45, 2.75) is 38.1 Å². The summed E-state index contributed by atoms with van der Waals surface area (Å²) in [5.74, 6) is -0.651. The standard InChI is InChI=1S/C21H25F2NO/c1-5-20(25)21(14-15(2)24(3)4,16-6-10-18(22)11-7-16)17-8-12-19(23)13-9-17/h6-13,15H,5,14H2,1-4H3/t15-/m1/s1. The molecule has 0 bridgehead atoms. The van der Waals surface area contributed by atoms with Gasteiger partial charge in [-0.15, -0.1) is 0 Å². The third-order valence-corrected chi connectivity index (χ3v) is 4.95. The molecule has 0 spiro atoms. The normalized spacial score (nSPS) is 13.1. The molecule has 0 fully saturated rings. The lowest BCUT2D eigenvalue weighted by atomic mass is 9.67. The Balaban J connectivity index is 2.70. The van der Waals surface area contributed by atoms with Gasteiger partial charge in [0.15, 0.2) is 0 Å². The van der Waals surface area contributed by atoms with E-state index in [1.165, 1.54) is 24.3 Å². The second kappa shape index (κ2) is 7.87. The molecule has 2 aromatic carbocycles. The Labute approximate surface area is 148 Å². The van der Waals surface area contributed by atoms with Gasteiger partial charge < -0.3 is 4.90 Å². The van der Waals surface area contributed by atoms with Crippen LogP contribution in [0.3, 0.4) is 0 Å². The van der Waals surface area contributed by atoms with Gasteiger partial charge in [0.25, 0.3) is 0 Å². The van der Waals surface area contributed by atoms with E-state index in [1.54, 1.807) is 24.3 Å². The summed E-state index contributed by atoms with van der Waals surface area (Å²) < 4.78 is 26.9. The first-order valence-electron chi connectivity index (χ1n) is 8.53. The summed E-state index contributed by atoms with van der Waals surface area (Å²) in [5, 5.41) is 0. The summed E-state index contributed by atoms with van der Waals surface area (Å²) in [6.45, 7) is 3.87. The molecular formula is C21H25F2NO. The number of Topliss-reactive ketones (excluding diaryl/α,β-unsaturated/α-hetero) is 1. The van der Waals surface area contributed by atoms with Crippen LogP contribution in [0.15, 0.2) is 48.5 Å². The number of hydrogen-bond acceptors (Lipinski definition) is 2. The van der Waals surface area contributed by atoms with Crippen LogP contribution in [0.5, 0.6) is 0 Å². The first-order chi connectivity index (χ1) is 11.8. The first kappa shape index (κ1) is 19.3. The van der Waals surface area contributed by atoms with Crippen LogP contribution in [-0.2, 0) is 10.2 Å². The monoisotopic (exact) mass is 345 g/mol. The highest BCUT2D eigenvalue weighted by Crippen LogP contribution is 2.39. The van der Waals surface area contributed by atoms with Gasteiger partial charge in [-0.25, -0.2) is 8.78 Å². The third-order valence-electron chi connectivity index (χ3n) is 4.95. The van der Waals surface area contributed by atoms with E-state index >= 15 is 0 Å². The molecule has 134 valence electrons. The molecule has 2 nitrogen and oxygen atoms in total. The Morgan fingerprint density at radius 1 is 0.960 bits per heavy atom. The first-order valence-corrected chi connectivity index (χ1v) is 8.53. The van der Waals surface area contributed by atoms with E-state index in [4.69, 9.17) is 0 Å². The van der Waals surface area contributed by atoms with E-state index in [0.717, 1.165) is 11.1 Å². The molecule has 0 N–H and O–H groups in total. The van der Waals surface area contributed by atoms with Crippen LogP contribution in [0, 0.1) is 11.6 Å². The molecule has 0 aliphatic heterocycles. The lowest BCUT2D eigenvalue weighted by Crippen LogP contribution is -2.43. The molecular weight excluding hydrogens is 320 g/mol. The maximum atomic E-state index is 13.5. The van der Waals surface area contributed by atoms with Crippen LogP contribution >= 0.6 is 0 Å². The van der Waals surface area contributed by atoms with E-state index in [2.05, 4.69) is 0 Å². The van der Waals surface area contributed by atoms with Crippen molar-refractivity contribution in [3.63, 3.8) is 0 Å². The zero-order chi connectivity index (χ0) is 18.6. The average molecular weight is 345 g/mol. The Morgan fingerprint density at radius 2 is 1.36 bits per heavy atom. The van der Waals surface area contributed by atoms with Crippen molar-refractivity contribution in [1.29, 1.82) is 0 Å². The Hall–Kier alpha value is -2.07. The minimum Gasteiger partial charge on any atom is -0.307 e. The summed E-state index contributed by atoms with van der Waals surface area (Å²) >= 11 is 0. The molecule has 0 saturated heterocycles. The third kappa shape index (κ3) is 3.96. The van der Waals surface area contributed by atoms with Crippen molar-refractivity contribution in [1.82, 2.24) is 4.90 Å². The molecule has 1 atom stereocenters. The molecule has 0 aromatic heterocycles. The lowest BCUT2D eigenvalue weighted by Gasteiger charge is -2.37. The van der Waals surface area contributed by atoms with E-state index in [9.17, 15) is 13.6 Å². The summed E-state index contributed by atoms with van der Waals surface area (Å²) in [6.07, 6.45) is 0.874. The summed E-state index contributed by atoms with van der Waals surface area (Å²) in [7, 11) is 3.92.